The third kappa shape index (κ3) is 14.7. The zero-order valence-electron chi connectivity index (χ0n) is 20.2. The molecule has 0 aliphatic carbocycles. The minimum absolute atomic E-state index is 1.18. The Balaban J connectivity index is 2.29. The number of hydrogen-bond acceptors (Lipinski definition) is 1. The van der Waals surface area contributed by atoms with Crippen molar-refractivity contribution >= 4 is 0 Å². The number of aromatic nitrogens is 1. The first kappa shape index (κ1) is 26.2. The highest BCUT2D eigenvalue weighted by Crippen LogP contribution is 2.16. The minimum atomic E-state index is 1.18. The molecule has 0 saturated carbocycles. The molecule has 1 rings (SSSR count). The van der Waals surface area contributed by atoms with Crippen molar-refractivity contribution in [2.24, 2.45) is 0 Å². The lowest BCUT2D eigenvalue weighted by Crippen LogP contribution is -2.00. The molecule has 0 amide bonds. The molecule has 1 heterocycles. The number of pyridine rings is 1. The highest BCUT2D eigenvalue weighted by atomic mass is 14.7. The van der Waals surface area contributed by atoms with Crippen LogP contribution in [0, 0.1) is 0 Å². The summed E-state index contributed by atoms with van der Waals surface area (Å²) in [4.78, 5) is 5.03. The molecule has 1 heteroatoms. The molecule has 0 bridgehead atoms. The smallest absolute Gasteiger partial charge is 0.0409 e. The van der Waals surface area contributed by atoms with E-state index >= 15 is 0 Å². The molecule has 0 fully saturated rings. The van der Waals surface area contributed by atoms with E-state index in [2.05, 4.69) is 32.9 Å². The number of rotatable bonds is 20. The summed E-state index contributed by atoms with van der Waals surface area (Å²) in [5.41, 5.74) is 4.24. The highest BCUT2D eigenvalue weighted by molar-refractivity contribution is 5.22. The van der Waals surface area contributed by atoms with Gasteiger partial charge in [0.1, 0.15) is 0 Å². The van der Waals surface area contributed by atoms with Gasteiger partial charge < -0.3 is 0 Å². The standard InChI is InChI=1S/C28H51N/c1-4-7-9-11-13-15-17-19-22-27-24-26(21-6-3)25-28(29-27)23-20-18-16-14-12-10-8-5-2/h24-25H,4-23H2,1-3H3. The van der Waals surface area contributed by atoms with Gasteiger partial charge in [-0.2, -0.15) is 0 Å². The molecule has 0 N–H and O–H groups in total. The Morgan fingerprint density at radius 2 is 0.828 bits per heavy atom. The summed E-state index contributed by atoms with van der Waals surface area (Å²) in [7, 11) is 0. The maximum Gasteiger partial charge on any atom is 0.0409 e. The molecule has 0 saturated heterocycles. The Morgan fingerprint density at radius 3 is 1.21 bits per heavy atom. The third-order valence-electron chi connectivity index (χ3n) is 6.10. The van der Waals surface area contributed by atoms with Crippen LogP contribution in [0.15, 0.2) is 12.1 Å². The second-order valence-corrected chi connectivity index (χ2v) is 9.16. The van der Waals surface area contributed by atoms with Crippen molar-refractivity contribution in [1.29, 1.82) is 0 Å². The normalized spacial score (nSPS) is 11.3. The second kappa shape index (κ2) is 19.1. The molecule has 0 radical (unpaired) electrons. The van der Waals surface area contributed by atoms with Crippen LogP contribution >= 0.6 is 0 Å². The van der Waals surface area contributed by atoms with Crippen LogP contribution in [0.2, 0.25) is 0 Å². The zero-order chi connectivity index (χ0) is 21.0. The largest absolute Gasteiger partial charge is 0.258 e. The molecular formula is C28H51N. The lowest BCUT2D eigenvalue weighted by Gasteiger charge is -2.09. The van der Waals surface area contributed by atoms with E-state index in [1.165, 1.54) is 145 Å². The van der Waals surface area contributed by atoms with E-state index in [9.17, 15) is 0 Å². The molecule has 1 aromatic heterocycles. The molecule has 0 aliphatic heterocycles. The van der Waals surface area contributed by atoms with Gasteiger partial charge in [0, 0.05) is 11.4 Å². The third-order valence-corrected chi connectivity index (χ3v) is 6.10. The van der Waals surface area contributed by atoms with Gasteiger partial charge in [-0.05, 0) is 49.8 Å². The fourth-order valence-electron chi connectivity index (χ4n) is 4.29. The van der Waals surface area contributed by atoms with Crippen LogP contribution in [0.4, 0.5) is 0 Å². The summed E-state index contributed by atoms with van der Waals surface area (Å²) in [6.45, 7) is 6.88. The average molecular weight is 402 g/mol. The molecule has 1 aromatic rings. The molecule has 1 nitrogen and oxygen atoms in total. The van der Waals surface area contributed by atoms with Crippen LogP contribution in [0.25, 0.3) is 0 Å². The van der Waals surface area contributed by atoms with Gasteiger partial charge in [-0.1, -0.05) is 117 Å². The topological polar surface area (TPSA) is 12.9 Å². The summed E-state index contributed by atoms with van der Waals surface area (Å²) in [6.07, 6.45) is 27.1. The summed E-state index contributed by atoms with van der Waals surface area (Å²) in [5.74, 6) is 0. The molecular weight excluding hydrogens is 350 g/mol. The Morgan fingerprint density at radius 1 is 0.448 bits per heavy atom. The Bertz CT molecular complexity index is 441. The molecule has 0 atom stereocenters. The van der Waals surface area contributed by atoms with E-state index in [4.69, 9.17) is 4.98 Å². The first-order chi connectivity index (χ1) is 14.3. The number of unbranched alkanes of at least 4 members (excludes halogenated alkanes) is 14. The Labute approximate surface area is 183 Å². The average Bonchev–Trinajstić information content (AvgIpc) is 2.72. The van der Waals surface area contributed by atoms with E-state index < -0.39 is 0 Å². The SMILES string of the molecule is CCCCCCCCCCc1cc(CCC)cc(CCCCCCCCCC)n1. The van der Waals surface area contributed by atoms with Gasteiger partial charge in [0.2, 0.25) is 0 Å². The van der Waals surface area contributed by atoms with Crippen LogP contribution < -0.4 is 0 Å². The van der Waals surface area contributed by atoms with Crippen molar-refractivity contribution in [2.75, 3.05) is 0 Å². The molecule has 0 spiro atoms. The van der Waals surface area contributed by atoms with Crippen molar-refractivity contribution in [2.45, 2.75) is 149 Å². The number of aryl methyl sites for hydroxylation is 3. The minimum Gasteiger partial charge on any atom is -0.258 e. The quantitative estimate of drug-likeness (QED) is 0.198. The van der Waals surface area contributed by atoms with Gasteiger partial charge in [-0.15, -0.1) is 0 Å². The van der Waals surface area contributed by atoms with Gasteiger partial charge in [0.05, 0.1) is 0 Å². The maximum absolute atomic E-state index is 5.03. The zero-order valence-corrected chi connectivity index (χ0v) is 20.2. The summed E-state index contributed by atoms with van der Waals surface area (Å²) < 4.78 is 0. The van der Waals surface area contributed by atoms with Crippen LogP contribution in [-0.2, 0) is 19.3 Å². The van der Waals surface area contributed by atoms with Gasteiger partial charge in [-0.3, -0.25) is 4.98 Å². The first-order valence-electron chi connectivity index (χ1n) is 13.3. The Kier molecular flexibility index (Phi) is 17.3. The maximum atomic E-state index is 5.03. The molecule has 29 heavy (non-hydrogen) atoms. The van der Waals surface area contributed by atoms with Gasteiger partial charge >= 0.3 is 0 Å². The van der Waals surface area contributed by atoms with Crippen molar-refractivity contribution in [1.82, 2.24) is 4.98 Å². The van der Waals surface area contributed by atoms with Gasteiger partial charge in [-0.25, -0.2) is 0 Å². The van der Waals surface area contributed by atoms with Crippen molar-refractivity contribution in [3.8, 4) is 0 Å². The molecule has 168 valence electrons. The monoisotopic (exact) mass is 401 g/mol. The summed E-state index contributed by atoms with van der Waals surface area (Å²) in [5, 5.41) is 0. The molecule has 0 aromatic carbocycles. The predicted molar refractivity (Wildman–Crippen MR) is 131 cm³/mol. The van der Waals surface area contributed by atoms with Crippen molar-refractivity contribution in [3.63, 3.8) is 0 Å². The molecule has 0 aliphatic rings. The summed E-state index contributed by atoms with van der Waals surface area (Å²) >= 11 is 0. The second-order valence-electron chi connectivity index (χ2n) is 9.16. The lowest BCUT2D eigenvalue weighted by molar-refractivity contribution is 0.570. The fourth-order valence-corrected chi connectivity index (χ4v) is 4.29. The lowest BCUT2D eigenvalue weighted by atomic mass is 10.0. The van der Waals surface area contributed by atoms with E-state index in [1.54, 1.807) is 0 Å². The van der Waals surface area contributed by atoms with Crippen molar-refractivity contribution < 1.29 is 0 Å². The number of hydrogen-bond donors (Lipinski definition) is 0. The van der Waals surface area contributed by atoms with E-state index in [-0.39, 0.29) is 0 Å². The Hall–Kier alpha value is -0.850. The van der Waals surface area contributed by atoms with Crippen molar-refractivity contribution in [3.05, 3.63) is 29.1 Å². The van der Waals surface area contributed by atoms with E-state index in [0.29, 0.717) is 0 Å². The van der Waals surface area contributed by atoms with Gasteiger partial charge in [0.25, 0.3) is 0 Å². The highest BCUT2D eigenvalue weighted by Gasteiger charge is 2.04. The fraction of sp³-hybridized carbons (Fsp3) is 0.821. The first-order valence-corrected chi connectivity index (χ1v) is 13.3. The van der Waals surface area contributed by atoms with Crippen LogP contribution in [0.1, 0.15) is 147 Å². The van der Waals surface area contributed by atoms with Crippen LogP contribution in [0.5, 0.6) is 0 Å². The molecule has 0 unspecified atom stereocenters. The predicted octanol–water partition coefficient (Wildman–Crippen LogP) is 9.40. The number of nitrogens with zero attached hydrogens (tertiary/aromatic N) is 1. The van der Waals surface area contributed by atoms with Gasteiger partial charge in [0.15, 0.2) is 0 Å². The van der Waals surface area contributed by atoms with Crippen LogP contribution in [-0.4, -0.2) is 4.98 Å². The summed E-state index contributed by atoms with van der Waals surface area (Å²) in [6, 6.07) is 4.78. The van der Waals surface area contributed by atoms with E-state index in [0.717, 1.165) is 0 Å². The van der Waals surface area contributed by atoms with Crippen LogP contribution in [0.3, 0.4) is 0 Å². The van der Waals surface area contributed by atoms with E-state index in [1.807, 2.05) is 0 Å².